The molecule has 1 amide bonds. The van der Waals surface area contributed by atoms with Gasteiger partial charge in [0.1, 0.15) is 24.0 Å². The lowest BCUT2D eigenvalue weighted by Gasteiger charge is -2.18. The summed E-state index contributed by atoms with van der Waals surface area (Å²) in [7, 11) is 0. The predicted octanol–water partition coefficient (Wildman–Crippen LogP) is 2.32. The Morgan fingerprint density at radius 3 is 2.53 bits per heavy atom. The van der Waals surface area contributed by atoms with Crippen molar-refractivity contribution in [2.24, 2.45) is 0 Å². The first-order valence-corrected chi connectivity index (χ1v) is 9.86. The van der Waals surface area contributed by atoms with Gasteiger partial charge in [-0.2, -0.15) is 5.10 Å². The Hall–Kier alpha value is -3.75. The molecule has 0 spiro atoms. The molecule has 1 aromatic carbocycles. The van der Waals surface area contributed by atoms with Gasteiger partial charge in [-0.1, -0.05) is 0 Å². The molecule has 1 aliphatic rings. The van der Waals surface area contributed by atoms with Gasteiger partial charge in [-0.05, 0) is 50.1 Å². The molecule has 154 valence electrons. The van der Waals surface area contributed by atoms with Crippen molar-refractivity contribution in [3.63, 3.8) is 0 Å². The second kappa shape index (κ2) is 8.73. The number of carbonyl (C=O) groups excluding carboxylic acids is 1. The van der Waals surface area contributed by atoms with Crippen LogP contribution in [0, 0.1) is 6.92 Å². The number of aryl methyl sites for hydroxylation is 1. The Bertz CT molecular complexity index is 1090. The lowest BCUT2D eigenvalue weighted by atomic mass is 10.2. The molecule has 0 saturated carbocycles. The van der Waals surface area contributed by atoms with E-state index in [4.69, 9.17) is 0 Å². The van der Waals surface area contributed by atoms with Crippen LogP contribution in [0.5, 0.6) is 0 Å². The molecule has 3 heterocycles. The fourth-order valence-electron chi connectivity index (χ4n) is 3.35. The van der Waals surface area contributed by atoms with Crippen LogP contribution in [0.4, 0.5) is 23.0 Å². The third kappa shape index (κ3) is 4.80. The fraction of sp³-hybridized carbons (Fsp3) is 0.286. The molecule has 3 aromatic rings. The molecule has 0 unspecified atom stereocenters. The molecule has 0 radical (unpaired) electrons. The summed E-state index contributed by atoms with van der Waals surface area (Å²) in [6, 6.07) is 12.2. The molecule has 0 aliphatic carbocycles. The standard InChI is InChI=1S/C21H23N7O2/c1-15-23-18(13-19(24-15)27-11-2-3-12-27)25-16-6-8-17(9-7-16)26-20(29)14-28-21(30)5-4-10-22-28/h4-10,13H,2-3,11-12,14H2,1H3,(H,26,29)(H,23,24,25). The summed E-state index contributed by atoms with van der Waals surface area (Å²) in [5, 5.41) is 9.94. The molecule has 0 bridgehead atoms. The summed E-state index contributed by atoms with van der Waals surface area (Å²) in [5.74, 6) is 2.07. The van der Waals surface area contributed by atoms with E-state index in [9.17, 15) is 9.59 Å². The summed E-state index contributed by atoms with van der Waals surface area (Å²) in [6.45, 7) is 3.79. The van der Waals surface area contributed by atoms with E-state index in [1.165, 1.54) is 31.2 Å². The second-order valence-corrected chi connectivity index (χ2v) is 7.12. The van der Waals surface area contributed by atoms with Gasteiger partial charge in [0.05, 0.1) is 0 Å². The first-order chi connectivity index (χ1) is 14.6. The maximum Gasteiger partial charge on any atom is 0.267 e. The van der Waals surface area contributed by atoms with Crippen molar-refractivity contribution in [1.29, 1.82) is 0 Å². The van der Waals surface area contributed by atoms with Crippen LogP contribution >= 0.6 is 0 Å². The smallest absolute Gasteiger partial charge is 0.267 e. The van der Waals surface area contributed by atoms with E-state index in [2.05, 4.69) is 30.6 Å². The number of anilines is 4. The highest BCUT2D eigenvalue weighted by Gasteiger charge is 2.15. The minimum atomic E-state index is -0.321. The summed E-state index contributed by atoms with van der Waals surface area (Å²) in [4.78, 5) is 35.1. The van der Waals surface area contributed by atoms with Gasteiger partial charge in [0, 0.05) is 42.8 Å². The number of amides is 1. The number of benzene rings is 1. The number of nitrogens with zero attached hydrogens (tertiary/aromatic N) is 5. The third-order valence-electron chi connectivity index (χ3n) is 4.77. The van der Waals surface area contributed by atoms with Gasteiger partial charge in [-0.15, -0.1) is 0 Å². The molecule has 9 nitrogen and oxygen atoms in total. The van der Waals surface area contributed by atoms with Crippen LogP contribution in [0.1, 0.15) is 18.7 Å². The van der Waals surface area contributed by atoms with Crippen LogP contribution in [0.3, 0.4) is 0 Å². The Morgan fingerprint density at radius 1 is 1.07 bits per heavy atom. The van der Waals surface area contributed by atoms with Crippen LogP contribution < -0.4 is 21.1 Å². The van der Waals surface area contributed by atoms with Gasteiger partial charge < -0.3 is 15.5 Å². The highest BCUT2D eigenvalue weighted by Crippen LogP contribution is 2.23. The zero-order chi connectivity index (χ0) is 20.9. The number of hydrogen-bond donors (Lipinski definition) is 2. The molecular weight excluding hydrogens is 382 g/mol. The van der Waals surface area contributed by atoms with Gasteiger partial charge in [0.25, 0.3) is 5.56 Å². The molecule has 4 rings (SSSR count). The fourth-order valence-corrected chi connectivity index (χ4v) is 3.35. The van der Waals surface area contributed by atoms with Crippen LogP contribution in [0.2, 0.25) is 0 Å². The van der Waals surface area contributed by atoms with Crippen molar-refractivity contribution >= 4 is 28.9 Å². The second-order valence-electron chi connectivity index (χ2n) is 7.12. The normalized spacial score (nSPS) is 13.3. The van der Waals surface area contributed by atoms with E-state index in [0.29, 0.717) is 5.69 Å². The Morgan fingerprint density at radius 2 is 1.80 bits per heavy atom. The molecule has 30 heavy (non-hydrogen) atoms. The van der Waals surface area contributed by atoms with Crippen molar-refractivity contribution < 1.29 is 4.79 Å². The van der Waals surface area contributed by atoms with Crippen molar-refractivity contribution in [3.05, 3.63) is 64.8 Å². The number of nitrogens with one attached hydrogen (secondary N) is 2. The zero-order valence-corrected chi connectivity index (χ0v) is 16.7. The van der Waals surface area contributed by atoms with Gasteiger partial charge in [0.2, 0.25) is 5.91 Å². The quantitative estimate of drug-likeness (QED) is 0.648. The Balaban J connectivity index is 1.39. The Labute approximate surface area is 173 Å². The molecule has 9 heteroatoms. The summed E-state index contributed by atoms with van der Waals surface area (Å²) < 4.78 is 1.11. The number of aromatic nitrogens is 4. The summed E-state index contributed by atoms with van der Waals surface area (Å²) in [5.41, 5.74) is 1.16. The van der Waals surface area contributed by atoms with E-state index in [1.54, 1.807) is 12.1 Å². The van der Waals surface area contributed by atoms with Crippen LogP contribution in [0.25, 0.3) is 0 Å². The lowest BCUT2D eigenvalue weighted by molar-refractivity contribution is -0.117. The first kappa shape index (κ1) is 19.6. The molecule has 0 atom stereocenters. The number of carbonyl (C=O) groups is 1. The lowest BCUT2D eigenvalue weighted by Crippen LogP contribution is -2.28. The van der Waals surface area contributed by atoms with Crippen LogP contribution in [-0.2, 0) is 11.3 Å². The largest absolute Gasteiger partial charge is 0.356 e. The summed E-state index contributed by atoms with van der Waals surface area (Å²) in [6.07, 6.45) is 3.85. The molecular formula is C21H23N7O2. The highest BCUT2D eigenvalue weighted by atomic mass is 16.2. The average Bonchev–Trinajstić information content (AvgIpc) is 3.26. The minimum absolute atomic E-state index is 0.140. The molecule has 2 aromatic heterocycles. The Kier molecular flexibility index (Phi) is 5.69. The average molecular weight is 405 g/mol. The SMILES string of the molecule is Cc1nc(Nc2ccc(NC(=O)Cn3ncccc3=O)cc2)cc(N2CCCC2)n1. The van der Waals surface area contributed by atoms with E-state index in [0.717, 1.165) is 40.9 Å². The van der Waals surface area contributed by atoms with Gasteiger partial charge >= 0.3 is 0 Å². The van der Waals surface area contributed by atoms with Gasteiger partial charge in [0.15, 0.2) is 0 Å². The monoisotopic (exact) mass is 405 g/mol. The van der Waals surface area contributed by atoms with Crippen molar-refractivity contribution in [1.82, 2.24) is 19.7 Å². The van der Waals surface area contributed by atoms with Crippen molar-refractivity contribution in [3.8, 4) is 0 Å². The molecule has 1 fully saturated rings. The van der Waals surface area contributed by atoms with Crippen LogP contribution in [0.15, 0.2) is 53.5 Å². The van der Waals surface area contributed by atoms with Crippen molar-refractivity contribution in [2.75, 3.05) is 28.6 Å². The maximum atomic E-state index is 12.2. The number of rotatable bonds is 6. The van der Waals surface area contributed by atoms with E-state index >= 15 is 0 Å². The molecule has 1 aliphatic heterocycles. The summed E-state index contributed by atoms with van der Waals surface area (Å²) >= 11 is 0. The van der Waals surface area contributed by atoms with Gasteiger partial charge in [-0.3, -0.25) is 9.59 Å². The molecule has 1 saturated heterocycles. The van der Waals surface area contributed by atoms with Crippen molar-refractivity contribution in [2.45, 2.75) is 26.3 Å². The predicted molar refractivity (Wildman–Crippen MR) is 115 cm³/mol. The van der Waals surface area contributed by atoms with E-state index in [-0.39, 0.29) is 18.0 Å². The maximum absolute atomic E-state index is 12.2. The van der Waals surface area contributed by atoms with Gasteiger partial charge in [-0.25, -0.2) is 14.6 Å². The number of hydrogen-bond acceptors (Lipinski definition) is 7. The van der Waals surface area contributed by atoms with Crippen LogP contribution in [-0.4, -0.2) is 38.7 Å². The topological polar surface area (TPSA) is 105 Å². The minimum Gasteiger partial charge on any atom is -0.356 e. The zero-order valence-electron chi connectivity index (χ0n) is 16.7. The van der Waals surface area contributed by atoms with E-state index < -0.39 is 0 Å². The molecule has 2 N–H and O–H groups in total. The third-order valence-corrected chi connectivity index (χ3v) is 4.77. The van der Waals surface area contributed by atoms with E-state index in [1.807, 2.05) is 25.1 Å². The first-order valence-electron chi connectivity index (χ1n) is 9.86. The highest BCUT2D eigenvalue weighted by molar-refractivity contribution is 5.90.